The topological polar surface area (TPSA) is 98.1 Å². The van der Waals surface area contributed by atoms with Crippen molar-refractivity contribution in [3.63, 3.8) is 0 Å². The van der Waals surface area contributed by atoms with Crippen molar-refractivity contribution in [1.29, 1.82) is 0 Å². The molecule has 0 amide bonds. The lowest BCUT2D eigenvalue weighted by Crippen LogP contribution is -2.08. The van der Waals surface area contributed by atoms with E-state index in [-0.39, 0.29) is 0 Å². The number of unbranched alkanes of at least 4 members (excludes halogenated alkanes) is 2. The molecule has 0 unspecified atom stereocenters. The number of benzene rings is 1. The summed E-state index contributed by atoms with van der Waals surface area (Å²) in [4.78, 5) is 9.50. The Morgan fingerprint density at radius 2 is 1.87 bits per heavy atom. The summed E-state index contributed by atoms with van der Waals surface area (Å²) in [5, 5.41) is 19.0. The average molecular weight is 417 g/mol. The molecule has 4 aromatic rings. The fourth-order valence-corrected chi connectivity index (χ4v) is 3.53. The molecule has 160 valence electrons. The second-order valence-electron chi connectivity index (χ2n) is 7.99. The quantitative estimate of drug-likeness (QED) is 0.406. The summed E-state index contributed by atoms with van der Waals surface area (Å²) in [5.74, 6) is 2.90. The van der Waals surface area contributed by atoms with Crippen molar-refractivity contribution in [3.05, 3.63) is 59.9 Å². The number of nitrogens with one attached hydrogen (secondary N) is 1. The van der Waals surface area contributed by atoms with Crippen LogP contribution in [-0.2, 0) is 13.0 Å². The van der Waals surface area contributed by atoms with Crippen LogP contribution in [0.3, 0.4) is 0 Å². The molecule has 0 saturated heterocycles. The minimum Gasteiger partial charge on any atom is -0.259 e. The summed E-state index contributed by atoms with van der Waals surface area (Å²) < 4.78 is 2.02. The Balaban J connectivity index is 1.56. The van der Waals surface area contributed by atoms with E-state index in [9.17, 15) is 0 Å². The Labute approximate surface area is 182 Å². The summed E-state index contributed by atoms with van der Waals surface area (Å²) in [7, 11) is 0. The number of aromatic amines is 1. The van der Waals surface area contributed by atoms with Crippen LogP contribution in [0.4, 0.5) is 0 Å². The standard InChI is InChI=1S/C23H28N8/c1-4-5-6-11-21-25-22(16(2)3)28-31(21)15-18-13-12-17(14-24-18)19-9-7-8-10-20(19)23-26-29-30-27-23/h7-10,12-14,16H,4-6,11,15H2,1-3H3,(H,26,27,29,30). The van der Waals surface area contributed by atoms with Gasteiger partial charge in [0.1, 0.15) is 5.82 Å². The fraction of sp³-hybridized carbons (Fsp3) is 0.391. The molecule has 0 atom stereocenters. The highest BCUT2D eigenvalue weighted by atomic mass is 15.5. The molecule has 0 aliphatic heterocycles. The van der Waals surface area contributed by atoms with E-state index in [0.29, 0.717) is 18.3 Å². The summed E-state index contributed by atoms with van der Waals surface area (Å²) in [5.41, 5.74) is 3.95. The van der Waals surface area contributed by atoms with Crippen molar-refractivity contribution in [2.75, 3.05) is 0 Å². The highest BCUT2D eigenvalue weighted by molar-refractivity contribution is 5.79. The highest BCUT2D eigenvalue weighted by Gasteiger charge is 2.14. The molecule has 4 rings (SSSR count). The van der Waals surface area contributed by atoms with E-state index in [4.69, 9.17) is 15.1 Å². The van der Waals surface area contributed by atoms with Gasteiger partial charge in [0.15, 0.2) is 11.6 Å². The van der Waals surface area contributed by atoms with Crippen LogP contribution in [0, 0.1) is 0 Å². The zero-order valence-corrected chi connectivity index (χ0v) is 18.3. The Morgan fingerprint density at radius 3 is 2.55 bits per heavy atom. The Bertz CT molecular complexity index is 1100. The number of aromatic nitrogens is 8. The number of pyridine rings is 1. The van der Waals surface area contributed by atoms with Crippen molar-refractivity contribution in [1.82, 2.24) is 40.4 Å². The van der Waals surface area contributed by atoms with Crippen molar-refractivity contribution >= 4 is 0 Å². The molecule has 0 spiro atoms. The van der Waals surface area contributed by atoms with Crippen molar-refractivity contribution in [2.24, 2.45) is 0 Å². The van der Waals surface area contributed by atoms with E-state index >= 15 is 0 Å². The molecule has 1 aromatic carbocycles. The zero-order valence-electron chi connectivity index (χ0n) is 18.3. The third kappa shape index (κ3) is 4.84. The third-order valence-corrected chi connectivity index (χ3v) is 5.26. The lowest BCUT2D eigenvalue weighted by atomic mass is 10.0. The van der Waals surface area contributed by atoms with Crippen LogP contribution >= 0.6 is 0 Å². The number of tetrazole rings is 1. The molecular formula is C23H28N8. The lowest BCUT2D eigenvalue weighted by molar-refractivity contribution is 0.594. The van der Waals surface area contributed by atoms with Gasteiger partial charge in [-0.2, -0.15) is 5.10 Å². The van der Waals surface area contributed by atoms with Crippen molar-refractivity contribution in [3.8, 4) is 22.5 Å². The first-order valence-electron chi connectivity index (χ1n) is 10.9. The number of H-pyrrole nitrogens is 1. The van der Waals surface area contributed by atoms with Crippen LogP contribution in [0.5, 0.6) is 0 Å². The van der Waals surface area contributed by atoms with Gasteiger partial charge in [-0.15, -0.1) is 5.10 Å². The van der Waals surface area contributed by atoms with Gasteiger partial charge in [0.05, 0.1) is 12.2 Å². The highest BCUT2D eigenvalue weighted by Crippen LogP contribution is 2.29. The predicted molar refractivity (Wildman–Crippen MR) is 119 cm³/mol. The average Bonchev–Trinajstić information content (AvgIpc) is 3.45. The van der Waals surface area contributed by atoms with E-state index < -0.39 is 0 Å². The predicted octanol–water partition coefficient (Wildman–Crippen LogP) is 4.42. The number of nitrogens with zero attached hydrogens (tertiary/aromatic N) is 7. The van der Waals surface area contributed by atoms with Crippen molar-refractivity contribution in [2.45, 2.75) is 58.9 Å². The number of hydrogen-bond donors (Lipinski definition) is 1. The summed E-state index contributed by atoms with van der Waals surface area (Å²) in [6.07, 6.45) is 6.38. The van der Waals surface area contributed by atoms with Crippen molar-refractivity contribution < 1.29 is 0 Å². The first-order valence-corrected chi connectivity index (χ1v) is 10.9. The SMILES string of the molecule is CCCCCc1nc(C(C)C)nn1Cc1ccc(-c2ccccc2-c2nnn[nH]2)cn1. The van der Waals surface area contributed by atoms with Gasteiger partial charge in [-0.3, -0.25) is 4.98 Å². The maximum atomic E-state index is 4.78. The second kappa shape index (κ2) is 9.59. The molecule has 8 heteroatoms. The molecule has 0 bridgehead atoms. The van der Waals surface area contributed by atoms with Gasteiger partial charge < -0.3 is 0 Å². The molecule has 1 N–H and O–H groups in total. The van der Waals surface area contributed by atoms with E-state index in [2.05, 4.69) is 53.5 Å². The van der Waals surface area contributed by atoms with Gasteiger partial charge in [0.2, 0.25) is 0 Å². The smallest absolute Gasteiger partial charge is 0.180 e. The zero-order chi connectivity index (χ0) is 21.6. The first kappa shape index (κ1) is 20.8. The van der Waals surface area contributed by atoms with Crippen LogP contribution in [0.25, 0.3) is 22.5 Å². The van der Waals surface area contributed by atoms with Crippen LogP contribution in [0.2, 0.25) is 0 Å². The van der Waals surface area contributed by atoms with Gasteiger partial charge in [0, 0.05) is 29.7 Å². The fourth-order valence-electron chi connectivity index (χ4n) is 3.53. The van der Waals surface area contributed by atoms with E-state index in [1.54, 1.807) is 0 Å². The van der Waals surface area contributed by atoms with Gasteiger partial charge in [-0.05, 0) is 28.5 Å². The minimum absolute atomic E-state index is 0.309. The first-order chi connectivity index (χ1) is 15.2. The van der Waals surface area contributed by atoms with E-state index in [1.165, 1.54) is 12.8 Å². The maximum Gasteiger partial charge on any atom is 0.180 e. The Morgan fingerprint density at radius 1 is 1.03 bits per heavy atom. The Kier molecular flexibility index (Phi) is 6.45. The molecule has 3 heterocycles. The van der Waals surface area contributed by atoms with Gasteiger partial charge in [-0.1, -0.05) is 63.9 Å². The monoisotopic (exact) mass is 416 g/mol. The molecular weight excluding hydrogens is 388 g/mol. The summed E-state index contributed by atoms with van der Waals surface area (Å²) in [6.45, 7) is 7.09. The third-order valence-electron chi connectivity index (χ3n) is 5.26. The summed E-state index contributed by atoms with van der Waals surface area (Å²) in [6, 6.07) is 12.2. The van der Waals surface area contributed by atoms with Gasteiger partial charge in [0.25, 0.3) is 0 Å². The molecule has 0 radical (unpaired) electrons. The van der Waals surface area contributed by atoms with Crippen LogP contribution in [0.15, 0.2) is 42.6 Å². The van der Waals surface area contributed by atoms with Crippen LogP contribution < -0.4 is 0 Å². The van der Waals surface area contributed by atoms with Crippen LogP contribution in [-0.4, -0.2) is 40.4 Å². The number of aryl methyl sites for hydroxylation is 1. The van der Waals surface area contributed by atoms with Gasteiger partial charge in [-0.25, -0.2) is 14.8 Å². The number of hydrogen-bond acceptors (Lipinski definition) is 6. The molecule has 0 saturated carbocycles. The van der Waals surface area contributed by atoms with Crippen LogP contribution in [0.1, 0.15) is 63.3 Å². The molecule has 8 nitrogen and oxygen atoms in total. The molecule has 0 fully saturated rings. The normalized spacial score (nSPS) is 11.4. The van der Waals surface area contributed by atoms with Gasteiger partial charge >= 0.3 is 0 Å². The molecule has 3 aromatic heterocycles. The van der Waals surface area contributed by atoms with E-state index in [1.807, 2.05) is 35.1 Å². The molecule has 0 aliphatic carbocycles. The minimum atomic E-state index is 0.309. The molecule has 31 heavy (non-hydrogen) atoms. The summed E-state index contributed by atoms with van der Waals surface area (Å²) >= 11 is 0. The Hall–Kier alpha value is -3.42. The number of rotatable bonds is 9. The molecule has 0 aliphatic rings. The maximum absolute atomic E-state index is 4.78. The lowest BCUT2D eigenvalue weighted by Gasteiger charge is -2.09. The largest absolute Gasteiger partial charge is 0.259 e. The second-order valence-corrected chi connectivity index (χ2v) is 7.99. The van der Waals surface area contributed by atoms with E-state index in [0.717, 1.165) is 46.9 Å².